The van der Waals surface area contributed by atoms with Crippen LogP contribution >= 0.6 is 0 Å². The Morgan fingerprint density at radius 2 is 0.895 bits per heavy atom. The predicted molar refractivity (Wildman–Crippen MR) is 195 cm³/mol. The van der Waals surface area contributed by atoms with Gasteiger partial charge in [-0.15, -0.1) is 10.2 Å². The van der Waals surface area contributed by atoms with Crippen LogP contribution in [0.25, 0.3) is 0 Å². The Hall–Kier alpha value is -6.27. The molecule has 0 unspecified atom stereocenters. The molecular weight excluding hydrogens is 843 g/mol. The molecule has 28 heteroatoms. The number of aromatic hydroxyl groups is 1. The smallest absolute Gasteiger partial charge is 0.320 e. The molecule has 0 bridgehead atoms. The third-order valence-electron chi connectivity index (χ3n) is 7.05. The molecule has 300 valence electrons. The van der Waals surface area contributed by atoms with Crippen LogP contribution in [-0.2, 0) is 40.5 Å². The summed E-state index contributed by atoms with van der Waals surface area (Å²) in [7, 11) is -16.7. The van der Waals surface area contributed by atoms with Gasteiger partial charge in [0, 0.05) is 12.1 Å². The number of azo groups is 2. The van der Waals surface area contributed by atoms with E-state index in [1.807, 2.05) is 0 Å². The normalized spacial score (nSPS) is 12.5. The lowest BCUT2D eigenvalue weighted by atomic mass is 10.2. The molecule has 5 aromatic rings. The molecule has 4 aromatic carbocycles. The van der Waals surface area contributed by atoms with Gasteiger partial charge in [-0.25, -0.2) is 0 Å². The highest BCUT2D eigenvalue weighted by molar-refractivity contribution is 7.87. The minimum Gasteiger partial charge on any atom is -0.494 e. The van der Waals surface area contributed by atoms with Crippen LogP contribution in [0, 0.1) is 0 Å². The van der Waals surface area contributed by atoms with Crippen molar-refractivity contribution in [2.24, 2.45) is 20.5 Å². The average molecular weight is 868 g/mol. The van der Waals surface area contributed by atoms with Gasteiger partial charge in [-0.1, -0.05) is 0 Å². The molecule has 0 aliphatic rings. The van der Waals surface area contributed by atoms with E-state index in [1.54, 1.807) is 0 Å². The van der Waals surface area contributed by atoms with Crippen molar-refractivity contribution in [1.82, 2.24) is 15.0 Å². The summed E-state index contributed by atoms with van der Waals surface area (Å²) in [6, 6.07) is 11.7. The van der Waals surface area contributed by atoms with E-state index in [0.717, 1.165) is 24.3 Å². The van der Waals surface area contributed by atoms with Gasteiger partial charge in [0.2, 0.25) is 11.9 Å². The Balaban J connectivity index is 1.38. The third-order valence-corrected chi connectivity index (χ3v) is 10.5. The van der Waals surface area contributed by atoms with Crippen LogP contribution < -0.4 is 20.1 Å². The predicted octanol–water partition coefficient (Wildman–Crippen LogP) is 4.90. The van der Waals surface area contributed by atoms with E-state index >= 15 is 0 Å². The zero-order chi connectivity index (χ0) is 41.9. The molecule has 0 fully saturated rings. The molecule has 0 aliphatic carbocycles. The van der Waals surface area contributed by atoms with Crippen LogP contribution in [0.3, 0.4) is 0 Å². The molecule has 24 nitrogen and oxygen atoms in total. The highest BCUT2D eigenvalue weighted by atomic mass is 32.2. The summed E-state index contributed by atoms with van der Waals surface area (Å²) in [5.41, 5.74) is -0.736. The van der Waals surface area contributed by atoms with Gasteiger partial charge in [0.25, 0.3) is 40.5 Å². The van der Waals surface area contributed by atoms with Crippen LogP contribution in [-0.4, -0.2) is 86.2 Å². The summed E-state index contributed by atoms with van der Waals surface area (Å²) >= 11 is 0. The minimum atomic E-state index is -4.88. The van der Waals surface area contributed by atoms with Crippen molar-refractivity contribution in [1.29, 1.82) is 0 Å². The maximum absolute atomic E-state index is 11.8. The van der Waals surface area contributed by atoms with Gasteiger partial charge in [-0.2, -0.15) is 58.9 Å². The fourth-order valence-electron chi connectivity index (χ4n) is 4.54. The molecule has 0 amide bonds. The molecular formula is C29H25N9O15S4. The molecule has 0 atom stereocenters. The number of rotatable bonds is 14. The number of hydrogen-bond donors (Lipinski definition) is 7. The van der Waals surface area contributed by atoms with Crippen molar-refractivity contribution in [3.05, 3.63) is 72.8 Å². The number of anilines is 4. The quantitative estimate of drug-likeness (QED) is 0.0576. The molecule has 0 radical (unpaired) electrons. The van der Waals surface area contributed by atoms with Crippen molar-refractivity contribution < 1.29 is 66.5 Å². The minimum absolute atomic E-state index is 0.0392. The highest BCUT2D eigenvalue weighted by Gasteiger charge is 2.22. The van der Waals surface area contributed by atoms with Crippen LogP contribution in [0.15, 0.2) is 113 Å². The van der Waals surface area contributed by atoms with Gasteiger partial charge in [-0.05, 0) is 60.7 Å². The standard InChI is InChI=1S/C29H25N9O15S4/c1-52-23-11-15(35-37-21-13-17(54(40,41)42)5-9-25(21)56(46,47)48)3-7-19(23)30-27-32-28(34-29(39)33-27)31-20-8-4-16(12-24(20)53-2)36-38-22-14-18(55(43,44)45)6-10-26(22)57(49,50)51/h3-14H,1-2H3,(H,40,41,42)(H,43,44,45)(H,46,47,48)(H,49,50,51)(H3,30,31,32,33,34,39). The first-order valence-electron chi connectivity index (χ1n) is 14.9. The zero-order valence-electron chi connectivity index (χ0n) is 28.5. The maximum atomic E-state index is 11.8. The van der Waals surface area contributed by atoms with Crippen molar-refractivity contribution in [3.63, 3.8) is 0 Å². The van der Waals surface area contributed by atoms with Gasteiger partial charge in [0.1, 0.15) is 32.7 Å². The topological polar surface area (TPSA) is 368 Å². The first-order valence-corrected chi connectivity index (χ1v) is 20.7. The summed E-state index contributed by atoms with van der Waals surface area (Å²) in [6.45, 7) is 0. The number of aromatic nitrogens is 3. The van der Waals surface area contributed by atoms with E-state index in [0.29, 0.717) is 12.1 Å². The summed E-state index contributed by atoms with van der Waals surface area (Å²) in [4.78, 5) is 8.83. The molecule has 0 aliphatic heterocycles. The van der Waals surface area contributed by atoms with Gasteiger partial charge >= 0.3 is 6.01 Å². The number of hydrogen-bond acceptors (Lipinski definition) is 20. The lowest BCUT2D eigenvalue weighted by Gasteiger charge is -2.13. The molecule has 5 rings (SSSR count). The molecule has 0 saturated carbocycles. The number of nitrogens with one attached hydrogen (secondary N) is 2. The Kier molecular flexibility index (Phi) is 11.8. The van der Waals surface area contributed by atoms with E-state index in [4.69, 9.17) is 9.47 Å². The summed E-state index contributed by atoms with van der Waals surface area (Å²) in [6.07, 6.45) is 0. The second-order valence-electron chi connectivity index (χ2n) is 10.9. The van der Waals surface area contributed by atoms with E-state index < -0.39 is 77.4 Å². The van der Waals surface area contributed by atoms with Gasteiger partial charge < -0.3 is 25.2 Å². The first kappa shape index (κ1) is 41.9. The highest BCUT2D eigenvalue weighted by Crippen LogP contribution is 2.36. The summed E-state index contributed by atoms with van der Waals surface area (Å²) < 4.78 is 142. The van der Waals surface area contributed by atoms with Crippen molar-refractivity contribution in [3.8, 4) is 17.5 Å². The molecule has 1 aromatic heterocycles. The Bertz CT molecular complexity index is 2720. The summed E-state index contributed by atoms with van der Waals surface area (Å²) in [5.74, 6) is -0.267. The van der Waals surface area contributed by atoms with E-state index in [9.17, 15) is 57.0 Å². The Morgan fingerprint density at radius 3 is 1.23 bits per heavy atom. The van der Waals surface area contributed by atoms with E-state index in [2.05, 4.69) is 46.0 Å². The first-order chi connectivity index (χ1) is 26.5. The number of benzene rings is 4. The second-order valence-corrected chi connectivity index (χ2v) is 16.5. The van der Waals surface area contributed by atoms with Gasteiger partial charge in [0.15, 0.2) is 0 Å². The van der Waals surface area contributed by atoms with E-state index in [-0.39, 0.29) is 46.1 Å². The van der Waals surface area contributed by atoms with Crippen LogP contribution in [0.5, 0.6) is 17.5 Å². The molecule has 7 N–H and O–H groups in total. The van der Waals surface area contributed by atoms with E-state index in [1.165, 1.54) is 50.6 Å². The fraction of sp³-hybridized carbons (Fsp3) is 0.0690. The van der Waals surface area contributed by atoms with Gasteiger partial charge in [0.05, 0.1) is 46.8 Å². The molecule has 1 heterocycles. The third kappa shape index (κ3) is 10.5. The SMILES string of the molecule is COc1cc(N=Nc2cc(S(=O)(=O)O)ccc2S(=O)(=O)O)ccc1Nc1nc(O)nc(Nc2ccc(N=Nc3cc(S(=O)(=O)O)ccc3S(=O)(=O)O)cc2OC)n1. The second kappa shape index (κ2) is 16.1. The number of nitrogens with zero attached hydrogens (tertiary/aromatic N) is 7. The molecule has 57 heavy (non-hydrogen) atoms. The van der Waals surface area contributed by atoms with Crippen LogP contribution in [0.4, 0.5) is 46.0 Å². The Labute approximate surface area is 322 Å². The van der Waals surface area contributed by atoms with Crippen molar-refractivity contribution >= 4 is 86.5 Å². The lowest BCUT2D eigenvalue weighted by Crippen LogP contribution is -2.05. The molecule has 0 saturated heterocycles. The molecule has 0 spiro atoms. The van der Waals surface area contributed by atoms with Crippen LogP contribution in [0.1, 0.15) is 0 Å². The average Bonchev–Trinajstić information content (AvgIpc) is 3.12. The number of ether oxygens (including phenoxy) is 2. The van der Waals surface area contributed by atoms with Crippen molar-refractivity contribution in [2.75, 3.05) is 24.9 Å². The lowest BCUT2D eigenvalue weighted by molar-refractivity contribution is 0.416. The fourth-order valence-corrected chi connectivity index (χ4v) is 6.75. The number of methoxy groups -OCH3 is 2. The van der Waals surface area contributed by atoms with Crippen LogP contribution in [0.2, 0.25) is 0 Å². The monoisotopic (exact) mass is 867 g/mol. The van der Waals surface area contributed by atoms with Gasteiger partial charge in [-0.3, -0.25) is 18.2 Å². The summed E-state index contributed by atoms with van der Waals surface area (Å²) in [5, 5.41) is 31.0. The van der Waals surface area contributed by atoms with Crippen molar-refractivity contribution in [2.45, 2.75) is 19.6 Å². The largest absolute Gasteiger partial charge is 0.494 e. The zero-order valence-corrected chi connectivity index (χ0v) is 31.8. The Morgan fingerprint density at radius 1 is 0.509 bits per heavy atom. The maximum Gasteiger partial charge on any atom is 0.320 e.